The van der Waals surface area contributed by atoms with Gasteiger partial charge in [-0.25, -0.2) is 19.4 Å². The van der Waals surface area contributed by atoms with E-state index in [2.05, 4.69) is 16.9 Å². The average molecular weight is 654 g/mol. The molecular weight excluding hydrogens is 610 g/mol. The minimum absolute atomic E-state index is 0.0787. The zero-order chi connectivity index (χ0) is 33.8. The van der Waals surface area contributed by atoms with Gasteiger partial charge in [0.05, 0.1) is 17.6 Å². The minimum atomic E-state index is -1.12. The minimum Gasteiger partial charge on any atom is -0.480 e. The molecule has 46 heavy (non-hydrogen) atoms. The SMILES string of the molecule is C=C(N[C@@H](Cc1ccc(OC(=O)N2CCCC2)cc1)C(=O)O)/C(=C\N=C(N)N(CC)CC)N(CC)C(=O)N(C)c1cccc(Cl)c1. The zero-order valence-electron chi connectivity index (χ0n) is 26.9. The third-order valence-corrected chi connectivity index (χ3v) is 7.85. The maximum Gasteiger partial charge on any atom is 0.415 e. The van der Waals surface area contributed by atoms with E-state index in [0.29, 0.717) is 48.2 Å². The van der Waals surface area contributed by atoms with Gasteiger partial charge >= 0.3 is 18.1 Å². The van der Waals surface area contributed by atoms with Crippen molar-refractivity contribution in [3.63, 3.8) is 0 Å². The average Bonchev–Trinajstić information content (AvgIpc) is 3.59. The largest absolute Gasteiger partial charge is 0.480 e. The first-order chi connectivity index (χ1) is 22.0. The van der Waals surface area contributed by atoms with Gasteiger partial charge in [0.15, 0.2) is 5.96 Å². The molecule has 2 aromatic carbocycles. The predicted molar refractivity (Wildman–Crippen MR) is 181 cm³/mol. The topological polar surface area (TPSA) is 144 Å². The van der Waals surface area contributed by atoms with Crippen LogP contribution in [-0.2, 0) is 11.2 Å². The molecule has 0 radical (unpaired) electrons. The molecule has 1 atom stereocenters. The fraction of sp³-hybridized carbons (Fsp3) is 0.394. The van der Waals surface area contributed by atoms with Crippen LogP contribution in [0.1, 0.15) is 39.2 Å². The number of carboxylic acids is 1. The number of ether oxygens (including phenoxy) is 1. The summed E-state index contributed by atoms with van der Waals surface area (Å²) >= 11 is 6.17. The predicted octanol–water partition coefficient (Wildman–Crippen LogP) is 5.11. The smallest absolute Gasteiger partial charge is 0.415 e. The molecule has 3 rings (SSSR count). The first-order valence-electron chi connectivity index (χ1n) is 15.3. The Balaban J connectivity index is 1.85. The molecule has 0 spiro atoms. The number of carbonyl (C=O) groups excluding carboxylic acids is 2. The summed E-state index contributed by atoms with van der Waals surface area (Å²) in [5.41, 5.74) is 7.89. The van der Waals surface area contributed by atoms with Crippen molar-refractivity contribution in [1.29, 1.82) is 0 Å². The second kappa shape index (κ2) is 17.1. The van der Waals surface area contributed by atoms with Gasteiger partial charge in [-0.3, -0.25) is 9.80 Å². The van der Waals surface area contributed by atoms with Crippen LogP contribution in [0.25, 0.3) is 0 Å². The van der Waals surface area contributed by atoms with E-state index >= 15 is 0 Å². The molecule has 12 nitrogen and oxygen atoms in total. The lowest BCUT2D eigenvalue weighted by Crippen LogP contribution is -2.44. The van der Waals surface area contributed by atoms with Crippen molar-refractivity contribution in [3.05, 3.63) is 83.3 Å². The van der Waals surface area contributed by atoms with Crippen LogP contribution in [0, 0.1) is 0 Å². The van der Waals surface area contributed by atoms with Gasteiger partial charge in [-0.05, 0) is 69.5 Å². The van der Waals surface area contributed by atoms with Crippen LogP contribution in [0.3, 0.4) is 0 Å². The van der Waals surface area contributed by atoms with Gasteiger partial charge in [0.1, 0.15) is 11.8 Å². The molecule has 1 heterocycles. The zero-order valence-corrected chi connectivity index (χ0v) is 27.7. The Hall–Kier alpha value is -4.71. The number of aliphatic imine (C=N–C) groups is 1. The van der Waals surface area contributed by atoms with Gasteiger partial charge in [-0.2, -0.15) is 0 Å². The van der Waals surface area contributed by atoms with Crippen LogP contribution in [0.15, 0.2) is 77.7 Å². The molecule has 248 valence electrons. The number of nitrogens with one attached hydrogen (secondary N) is 1. The number of amides is 3. The number of hydrogen-bond donors (Lipinski definition) is 3. The summed E-state index contributed by atoms with van der Waals surface area (Å²) in [6, 6.07) is 12.0. The molecule has 2 aromatic rings. The van der Waals surface area contributed by atoms with Crippen molar-refractivity contribution in [2.75, 3.05) is 44.7 Å². The Labute approximate surface area is 275 Å². The van der Waals surface area contributed by atoms with E-state index in [-0.39, 0.29) is 30.3 Å². The van der Waals surface area contributed by atoms with E-state index in [4.69, 9.17) is 22.1 Å². The van der Waals surface area contributed by atoms with Crippen LogP contribution in [0.2, 0.25) is 5.02 Å². The summed E-state index contributed by atoms with van der Waals surface area (Å²) in [6.07, 6.45) is 3.01. The van der Waals surface area contributed by atoms with Crippen LogP contribution in [0.4, 0.5) is 15.3 Å². The van der Waals surface area contributed by atoms with Crippen molar-refractivity contribution in [1.82, 2.24) is 20.0 Å². The molecule has 0 saturated carbocycles. The molecule has 1 aliphatic rings. The maximum atomic E-state index is 13.8. The molecule has 0 aliphatic carbocycles. The number of carbonyl (C=O) groups is 3. The Kier molecular flexibility index (Phi) is 13.3. The van der Waals surface area contributed by atoms with E-state index in [1.807, 2.05) is 18.7 Å². The summed E-state index contributed by atoms with van der Waals surface area (Å²) in [5.74, 6) is -0.511. The number of guanidine groups is 1. The van der Waals surface area contributed by atoms with Gasteiger partial charge in [0.25, 0.3) is 0 Å². The quantitative estimate of drug-likeness (QED) is 0.154. The Morgan fingerprint density at radius 1 is 1.11 bits per heavy atom. The number of benzene rings is 2. The lowest BCUT2D eigenvalue weighted by atomic mass is 10.1. The number of halogens is 1. The monoisotopic (exact) mass is 653 g/mol. The highest BCUT2D eigenvalue weighted by atomic mass is 35.5. The molecule has 0 unspecified atom stereocenters. The van der Waals surface area contributed by atoms with E-state index in [1.54, 1.807) is 67.4 Å². The molecule has 0 aromatic heterocycles. The summed E-state index contributed by atoms with van der Waals surface area (Å²) in [7, 11) is 1.62. The molecule has 1 aliphatic heterocycles. The number of likely N-dealkylation sites (tertiary alicyclic amines) is 1. The number of urea groups is 1. The standard InChI is InChI=1S/C33H44ClN7O5/c1-6-39(7-2)31(35)36-22-29(41(8-3)32(44)38(5)26-13-11-12-25(34)21-26)23(4)37-28(30(42)43)20-24-14-16-27(17-15-24)46-33(45)40-18-9-10-19-40/h11-17,21-22,28,37H,4,6-10,18-20H2,1-3,5H3,(H2,35,36)(H,42,43)/b29-22+/t28-/m0/s1. The number of anilines is 1. The van der Waals surface area contributed by atoms with Gasteiger partial charge in [-0.15, -0.1) is 0 Å². The van der Waals surface area contributed by atoms with E-state index in [1.165, 1.54) is 16.0 Å². The molecule has 1 fully saturated rings. The molecule has 13 heteroatoms. The highest BCUT2D eigenvalue weighted by Gasteiger charge is 2.27. The molecular formula is C33H44ClN7O5. The van der Waals surface area contributed by atoms with Gasteiger partial charge in [0.2, 0.25) is 0 Å². The maximum absolute atomic E-state index is 13.8. The summed E-state index contributed by atoms with van der Waals surface area (Å²) in [4.78, 5) is 49.3. The van der Waals surface area contributed by atoms with Gasteiger partial charge < -0.3 is 30.7 Å². The number of carboxylic acid groups (broad SMARTS) is 1. The highest BCUT2D eigenvalue weighted by Crippen LogP contribution is 2.23. The fourth-order valence-corrected chi connectivity index (χ4v) is 5.12. The fourth-order valence-electron chi connectivity index (χ4n) is 4.93. The van der Waals surface area contributed by atoms with E-state index in [0.717, 1.165) is 12.8 Å². The second-order valence-electron chi connectivity index (χ2n) is 10.7. The summed E-state index contributed by atoms with van der Waals surface area (Å²) < 4.78 is 5.46. The second-order valence-corrected chi connectivity index (χ2v) is 11.1. The number of rotatable bonds is 13. The lowest BCUT2D eigenvalue weighted by Gasteiger charge is -2.31. The van der Waals surface area contributed by atoms with Gasteiger partial charge in [0, 0.05) is 56.9 Å². The number of hydrogen-bond acceptors (Lipinski definition) is 6. The summed E-state index contributed by atoms with van der Waals surface area (Å²) in [6.45, 7) is 12.6. The van der Waals surface area contributed by atoms with Crippen molar-refractivity contribution < 1.29 is 24.2 Å². The molecule has 1 saturated heterocycles. The third-order valence-electron chi connectivity index (χ3n) is 7.62. The van der Waals surface area contributed by atoms with Crippen molar-refractivity contribution in [2.45, 2.75) is 46.1 Å². The number of nitrogens with zero attached hydrogens (tertiary/aromatic N) is 5. The molecule has 0 bridgehead atoms. The van der Waals surface area contributed by atoms with E-state index in [9.17, 15) is 19.5 Å². The first-order valence-corrected chi connectivity index (χ1v) is 15.7. The van der Waals surface area contributed by atoms with Crippen molar-refractivity contribution in [2.24, 2.45) is 10.7 Å². The van der Waals surface area contributed by atoms with Crippen LogP contribution < -0.4 is 20.7 Å². The normalized spacial score (nSPS) is 14.0. The summed E-state index contributed by atoms with van der Waals surface area (Å²) in [5, 5.41) is 13.6. The van der Waals surface area contributed by atoms with Crippen LogP contribution >= 0.6 is 11.6 Å². The Bertz CT molecular complexity index is 1440. The Morgan fingerprint density at radius 3 is 2.33 bits per heavy atom. The van der Waals surface area contributed by atoms with E-state index < -0.39 is 24.1 Å². The lowest BCUT2D eigenvalue weighted by molar-refractivity contribution is -0.139. The van der Waals surface area contributed by atoms with Crippen LogP contribution in [0.5, 0.6) is 5.75 Å². The van der Waals surface area contributed by atoms with Crippen molar-refractivity contribution in [3.8, 4) is 5.75 Å². The van der Waals surface area contributed by atoms with Crippen LogP contribution in [-0.4, -0.2) is 89.7 Å². The number of aliphatic carboxylic acids is 1. The van der Waals surface area contributed by atoms with Crippen molar-refractivity contribution >= 4 is 41.3 Å². The third kappa shape index (κ3) is 9.64. The number of nitrogens with two attached hydrogens (primary N) is 1. The molecule has 4 N–H and O–H groups in total. The Morgan fingerprint density at radius 2 is 1.76 bits per heavy atom. The highest BCUT2D eigenvalue weighted by molar-refractivity contribution is 6.30. The first kappa shape index (κ1) is 35.8. The number of likely N-dealkylation sites (N-methyl/N-ethyl adjacent to an activating group) is 1. The van der Waals surface area contributed by atoms with Gasteiger partial charge in [-0.1, -0.05) is 36.4 Å². The molecule has 3 amide bonds.